The van der Waals surface area contributed by atoms with Gasteiger partial charge < -0.3 is 9.73 Å². The summed E-state index contributed by atoms with van der Waals surface area (Å²) in [6.45, 7) is 0. The van der Waals surface area contributed by atoms with Crippen molar-refractivity contribution in [1.82, 2.24) is 4.98 Å². The zero-order valence-electron chi connectivity index (χ0n) is 14.1. The summed E-state index contributed by atoms with van der Waals surface area (Å²) < 4.78 is 27.7. The van der Waals surface area contributed by atoms with Gasteiger partial charge in [0.15, 0.2) is 10.8 Å². The summed E-state index contributed by atoms with van der Waals surface area (Å²) in [7, 11) is -3.73. The van der Waals surface area contributed by atoms with Gasteiger partial charge in [0.05, 0.1) is 16.9 Å². The molecule has 0 saturated carbocycles. The van der Waals surface area contributed by atoms with Crippen LogP contribution in [0.3, 0.4) is 0 Å². The van der Waals surface area contributed by atoms with Gasteiger partial charge in [-0.25, -0.2) is 18.5 Å². The fourth-order valence-corrected chi connectivity index (χ4v) is 4.42. The van der Waals surface area contributed by atoms with Crippen LogP contribution < -0.4 is 10.5 Å². The highest BCUT2D eigenvalue weighted by atomic mass is 32.2. The first-order valence-corrected chi connectivity index (χ1v) is 11.5. The number of nitrogens with zero attached hydrogens (tertiary/aromatic N) is 1. The number of amides is 1. The number of thioether (sulfide) groups is 1. The van der Waals surface area contributed by atoms with Crippen molar-refractivity contribution in [2.45, 2.75) is 17.1 Å². The summed E-state index contributed by atoms with van der Waals surface area (Å²) >= 11 is 3.15. The standard InChI is InChI=1S/C17H17N3O4S3/c18-27(22,23)14-5-3-12(4-6-14)19-16(21)7-9-25-10-13-11-26-17(20-13)15-2-1-8-24-15/h1-6,8,11H,7,9-10H2,(H,19,21)(H2,18,22,23). The van der Waals surface area contributed by atoms with Gasteiger partial charge >= 0.3 is 0 Å². The molecule has 0 unspecified atom stereocenters. The third-order valence-electron chi connectivity index (χ3n) is 3.47. The number of carbonyl (C=O) groups is 1. The van der Waals surface area contributed by atoms with E-state index < -0.39 is 10.0 Å². The van der Waals surface area contributed by atoms with Crippen LogP contribution in [-0.2, 0) is 20.6 Å². The van der Waals surface area contributed by atoms with Gasteiger partial charge in [-0.05, 0) is 36.4 Å². The van der Waals surface area contributed by atoms with Crippen LogP contribution in [0.4, 0.5) is 5.69 Å². The van der Waals surface area contributed by atoms with E-state index in [9.17, 15) is 13.2 Å². The van der Waals surface area contributed by atoms with Crippen LogP contribution in [0.5, 0.6) is 0 Å². The van der Waals surface area contributed by atoms with Crippen molar-refractivity contribution in [3.05, 3.63) is 53.7 Å². The third-order valence-corrected chi connectivity index (χ3v) is 6.30. The van der Waals surface area contributed by atoms with Crippen molar-refractivity contribution >= 4 is 44.7 Å². The Labute approximate surface area is 165 Å². The maximum Gasteiger partial charge on any atom is 0.238 e. The maximum absolute atomic E-state index is 12.0. The van der Waals surface area contributed by atoms with E-state index in [1.165, 1.54) is 35.6 Å². The molecule has 0 fully saturated rings. The largest absolute Gasteiger partial charge is 0.462 e. The first-order chi connectivity index (χ1) is 12.9. The summed E-state index contributed by atoms with van der Waals surface area (Å²) in [6.07, 6.45) is 1.96. The number of thiazole rings is 1. The van der Waals surface area contributed by atoms with Gasteiger partial charge in [0.25, 0.3) is 0 Å². The molecular weight excluding hydrogens is 406 g/mol. The van der Waals surface area contributed by atoms with Crippen LogP contribution in [0.15, 0.2) is 57.4 Å². The van der Waals surface area contributed by atoms with E-state index in [-0.39, 0.29) is 10.8 Å². The lowest BCUT2D eigenvalue weighted by Crippen LogP contribution is -2.14. The van der Waals surface area contributed by atoms with E-state index in [1.54, 1.807) is 18.0 Å². The van der Waals surface area contributed by atoms with E-state index in [0.29, 0.717) is 23.6 Å². The molecule has 0 bridgehead atoms. The molecule has 0 aliphatic heterocycles. The number of primary sulfonamides is 1. The molecule has 27 heavy (non-hydrogen) atoms. The van der Waals surface area contributed by atoms with Crippen molar-refractivity contribution in [3.8, 4) is 10.8 Å². The maximum atomic E-state index is 12.0. The Morgan fingerprint density at radius 3 is 2.70 bits per heavy atom. The molecule has 3 aromatic rings. The quantitative estimate of drug-likeness (QED) is 0.537. The minimum Gasteiger partial charge on any atom is -0.462 e. The highest BCUT2D eigenvalue weighted by Crippen LogP contribution is 2.25. The number of aromatic nitrogens is 1. The van der Waals surface area contributed by atoms with Gasteiger partial charge in [-0.2, -0.15) is 11.8 Å². The van der Waals surface area contributed by atoms with Gasteiger partial charge in [-0.15, -0.1) is 11.3 Å². The molecule has 7 nitrogen and oxygen atoms in total. The number of nitrogens with two attached hydrogens (primary N) is 1. The highest BCUT2D eigenvalue weighted by Gasteiger charge is 2.09. The Kier molecular flexibility index (Phi) is 6.32. The lowest BCUT2D eigenvalue weighted by atomic mass is 10.3. The highest BCUT2D eigenvalue weighted by molar-refractivity contribution is 7.98. The fourth-order valence-electron chi connectivity index (χ4n) is 2.18. The molecule has 3 rings (SSSR count). The molecule has 10 heteroatoms. The van der Waals surface area contributed by atoms with Crippen molar-refractivity contribution < 1.29 is 17.6 Å². The Hall–Kier alpha value is -2.14. The molecule has 3 N–H and O–H groups in total. The van der Waals surface area contributed by atoms with Crippen molar-refractivity contribution in [2.75, 3.05) is 11.1 Å². The van der Waals surface area contributed by atoms with Crippen LogP contribution in [-0.4, -0.2) is 25.1 Å². The topological polar surface area (TPSA) is 115 Å². The SMILES string of the molecule is NS(=O)(=O)c1ccc(NC(=O)CCSCc2csc(-c3ccco3)n2)cc1. The molecular formula is C17H17N3O4S3. The van der Waals surface area contributed by atoms with Gasteiger partial charge in [0, 0.05) is 29.0 Å². The molecule has 0 spiro atoms. The van der Waals surface area contributed by atoms with Crippen LogP contribution in [0.2, 0.25) is 0 Å². The number of anilines is 1. The van der Waals surface area contributed by atoms with E-state index in [2.05, 4.69) is 10.3 Å². The van der Waals surface area contributed by atoms with Crippen LogP contribution in [0.25, 0.3) is 10.8 Å². The third kappa shape index (κ3) is 5.67. The normalized spacial score (nSPS) is 11.4. The zero-order chi connectivity index (χ0) is 19.3. The minimum atomic E-state index is -3.73. The average Bonchev–Trinajstić information content (AvgIpc) is 3.30. The molecule has 0 radical (unpaired) electrons. The second kappa shape index (κ2) is 8.70. The van der Waals surface area contributed by atoms with Crippen molar-refractivity contribution in [2.24, 2.45) is 5.14 Å². The number of sulfonamides is 1. The molecule has 0 aliphatic carbocycles. The Balaban J connectivity index is 1.41. The second-order valence-electron chi connectivity index (χ2n) is 5.54. The number of benzene rings is 1. The van der Waals surface area contributed by atoms with Crippen molar-refractivity contribution in [3.63, 3.8) is 0 Å². The van der Waals surface area contributed by atoms with Gasteiger partial charge in [0.1, 0.15) is 0 Å². The van der Waals surface area contributed by atoms with Crippen LogP contribution >= 0.6 is 23.1 Å². The van der Waals surface area contributed by atoms with E-state index >= 15 is 0 Å². The van der Waals surface area contributed by atoms with Gasteiger partial charge in [0.2, 0.25) is 15.9 Å². The predicted octanol–water partition coefficient (Wildman–Crippen LogP) is 3.31. The first-order valence-electron chi connectivity index (χ1n) is 7.90. The number of carbonyl (C=O) groups excluding carboxylic acids is 1. The minimum absolute atomic E-state index is 0.00763. The fraction of sp³-hybridized carbons (Fsp3) is 0.176. The van der Waals surface area contributed by atoms with Gasteiger partial charge in [-0.1, -0.05) is 0 Å². The predicted molar refractivity (Wildman–Crippen MR) is 107 cm³/mol. The average molecular weight is 424 g/mol. The molecule has 1 amide bonds. The Morgan fingerprint density at radius 2 is 2.04 bits per heavy atom. The Bertz CT molecular complexity index is 996. The van der Waals surface area contributed by atoms with E-state index in [0.717, 1.165) is 16.5 Å². The summed E-state index contributed by atoms with van der Waals surface area (Å²) in [4.78, 5) is 16.5. The lowest BCUT2D eigenvalue weighted by molar-refractivity contribution is -0.115. The molecule has 2 heterocycles. The van der Waals surface area contributed by atoms with Crippen LogP contribution in [0, 0.1) is 0 Å². The first kappa shape index (κ1) is 19.6. The zero-order valence-corrected chi connectivity index (χ0v) is 16.6. The van der Waals surface area contributed by atoms with Crippen LogP contribution in [0.1, 0.15) is 12.1 Å². The van der Waals surface area contributed by atoms with Crippen molar-refractivity contribution in [1.29, 1.82) is 0 Å². The number of furan rings is 1. The lowest BCUT2D eigenvalue weighted by Gasteiger charge is -2.06. The van der Waals surface area contributed by atoms with Gasteiger partial charge in [-0.3, -0.25) is 4.79 Å². The molecule has 0 aliphatic rings. The number of hydrogen-bond donors (Lipinski definition) is 2. The second-order valence-corrected chi connectivity index (χ2v) is 9.07. The summed E-state index contributed by atoms with van der Waals surface area (Å²) in [5.74, 6) is 1.98. The number of rotatable bonds is 8. The summed E-state index contributed by atoms with van der Waals surface area (Å²) in [5.41, 5.74) is 1.48. The molecule has 2 aromatic heterocycles. The van der Waals surface area contributed by atoms with E-state index in [4.69, 9.17) is 9.56 Å². The number of nitrogens with one attached hydrogen (secondary N) is 1. The Morgan fingerprint density at radius 1 is 1.26 bits per heavy atom. The monoisotopic (exact) mass is 423 g/mol. The molecule has 0 saturated heterocycles. The molecule has 142 valence electrons. The summed E-state index contributed by atoms with van der Waals surface area (Å²) in [6, 6.07) is 9.44. The van der Waals surface area contributed by atoms with E-state index in [1.807, 2.05) is 17.5 Å². The summed E-state index contributed by atoms with van der Waals surface area (Å²) in [5, 5.41) is 10.6. The molecule has 1 aromatic carbocycles. The molecule has 0 atom stereocenters. The smallest absolute Gasteiger partial charge is 0.238 e. The number of hydrogen-bond acceptors (Lipinski definition) is 7.